The second-order valence-electron chi connectivity index (χ2n) is 11.4. The van der Waals surface area contributed by atoms with Gasteiger partial charge in [-0.15, -0.1) is 0 Å². The van der Waals surface area contributed by atoms with Gasteiger partial charge in [0.2, 0.25) is 0 Å². The van der Waals surface area contributed by atoms with Crippen LogP contribution in [0.5, 0.6) is 0 Å². The normalized spacial score (nSPS) is 23.6. The SMILES string of the molecule is CCC(=O)CCC(C(=O)C1=C(C)c2cc(C3=CC=CC3C)ccc2C1)C1CCC(c2ccccc2)CC1. The zero-order valence-corrected chi connectivity index (χ0v) is 22.6. The highest BCUT2D eigenvalue weighted by Gasteiger charge is 2.36. The van der Waals surface area contributed by atoms with Crippen LogP contribution in [0.3, 0.4) is 0 Å². The Kier molecular flexibility index (Phi) is 7.74. The molecular formula is C35H40O2. The highest BCUT2D eigenvalue weighted by Crippen LogP contribution is 2.43. The van der Waals surface area contributed by atoms with Crippen molar-refractivity contribution in [2.45, 2.75) is 78.1 Å². The molecule has 2 heteroatoms. The van der Waals surface area contributed by atoms with E-state index in [1.165, 1.54) is 27.8 Å². The number of hydrogen-bond donors (Lipinski definition) is 0. The summed E-state index contributed by atoms with van der Waals surface area (Å²) in [6, 6.07) is 17.6. The molecule has 0 heterocycles. The molecule has 5 rings (SSSR count). The van der Waals surface area contributed by atoms with Crippen LogP contribution < -0.4 is 0 Å². The summed E-state index contributed by atoms with van der Waals surface area (Å²) in [5.41, 5.74) is 8.66. The average molecular weight is 493 g/mol. The molecule has 0 aliphatic heterocycles. The van der Waals surface area contributed by atoms with Crippen LogP contribution in [-0.2, 0) is 16.0 Å². The molecule has 192 valence electrons. The van der Waals surface area contributed by atoms with Crippen LogP contribution in [0.2, 0.25) is 0 Å². The number of ketones is 2. The van der Waals surface area contributed by atoms with Crippen molar-refractivity contribution < 1.29 is 9.59 Å². The Morgan fingerprint density at radius 2 is 1.76 bits per heavy atom. The largest absolute Gasteiger partial charge is 0.300 e. The second kappa shape index (κ2) is 11.2. The molecule has 2 unspecified atom stereocenters. The molecule has 0 radical (unpaired) electrons. The van der Waals surface area contributed by atoms with E-state index in [1.807, 2.05) is 6.92 Å². The van der Waals surface area contributed by atoms with Crippen molar-refractivity contribution in [3.05, 3.63) is 94.6 Å². The smallest absolute Gasteiger partial charge is 0.162 e. The predicted octanol–water partition coefficient (Wildman–Crippen LogP) is 8.52. The number of carbonyl (C=O) groups excluding carboxylic acids is 2. The molecule has 1 fully saturated rings. The molecule has 2 nitrogen and oxygen atoms in total. The van der Waals surface area contributed by atoms with Crippen LogP contribution in [0, 0.1) is 17.8 Å². The summed E-state index contributed by atoms with van der Waals surface area (Å²) in [6.45, 7) is 6.29. The molecule has 0 bridgehead atoms. The lowest BCUT2D eigenvalue weighted by Gasteiger charge is -2.34. The van der Waals surface area contributed by atoms with E-state index in [9.17, 15) is 9.59 Å². The first-order chi connectivity index (χ1) is 18.0. The summed E-state index contributed by atoms with van der Waals surface area (Å²) in [5, 5.41) is 0. The maximum absolute atomic E-state index is 14.2. The highest BCUT2D eigenvalue weighted by atomic mass is 16.1. The molecule has 1 saturated carbocycles. The van der Waals surface area contributed by atoms with Crippen molar-refractivity contribution in [3.63, 3.8) is 0 Å². The maximum Gasteiger partial charge on any atom is 0.162 e. The van der Waals surface area contributed by atoms with Crippen molar-refractivity contribution in [1.29, 1.82) is 0 Å². The minimum Gasteiger partial charge on any atom is -0.300 e. The average Bonchev–Trinajstić information content (AvgIpc) is 3.51. The Bertz CT molecular complexity index is 1250. The Hall–Kier alpha value is -3.00. The third kappa shape index (κ3) is 5.35. The van der Waals surface area contributed by atoms with Gasteiger partial charge in [0.1, 0.15) is 5.78 Å². The molecule has 2 atom stereocenters. The van der Waals surface area contributed by atoms with Crippen LogP contribution in [-0.4, -0.2) is 11.6 Å². The molecule has 0 spiro atoms. The van der Waals surface area contributed by atoms with Crippen molar-refractivity contribution in [1.82, 2.24) is 0 Å². The van der Waals surface area contributed by atoms with Gasteiger partial charge in [-0.1, -0.05) is 74.5 Å². The number of Topliss-reactive ketones (excluding diaryl/α,β-unsaturated/α-hetero) is 2. The lowest BCUT2D eigenvalue weighted by Crippen LogP contribution is -2.29. The summed E-state index contributed by atoms with van der Waals surface area (Å²) in [6.07, 6.45) is 13.5. The first-order valence-electron chi connectivity index (χ1n) is 14.3. The number of allylic oxidation sites excluding steroid dienone is 6. The Morgan fingerprint density at radius 1 is 1.00 bits per heavy atom. The third-order valence-electron chi connectivity index (χ3n) is 9.21. The Labute approximate surface area is 222 Å². The summed E-state index contributed by atoms with van der Waals surface area (Å²) in [4.78, 5) is 26.5. The summed E-state index contributed by atoms with van der Waals surface area (Å²) in [7, 11) is 0. The molecule has 37 heavy (non-hydrogen) atoms. The molecular weight excluding hydrogens is 452 g/mol. The molecule has 3 aliphatic rings. The minimum atomic E-state index is -0.0484. The van der Waals surface area contributed by atoms with Gasteiger partial charge in [-0.25, -0.2) is 0 Å². The van der Waals surface area contributed by atoms with Crippen molar-refractivity contribution in [2.75, 3.05) is 0 Å². The van der Waals surface area contributed by atoms with Gasteiger partial charge in [0.05, 0.1) is 0 Å². The zero-order chi connectivity index (χ0) is 25.9. The van der Waals surface area contributed by atoms with Crippen LogP contribution in [0.15, 0.2) is 72.3 Å². The number of hydrogen-bond acceptors (Lipinski definition) is 2. The summed E-state index contributed by atoms with van der Waals surface area (Å²) < 4.78 is 0. The fourth-order valence-electron chi connectivity index (χ4n) is 6.84. The van der Waals surface area contributed by atoms with Gasteiger partial charge in [-0.05, 0) is 96.2 Å². The van der Waals surface area contributed by atoms with Crippen molar-refractivity contribution in [2.24, 2.45) is 17.8 Å². The quantitative estimate of drug-likeness (QED) is 0.351. The number of fused-ring (bicyclic) bond motifs is 1. The van der Waals surface area contributed by atoms with Gasteiger partial charge >= 0.3 is 0 Å². The zero-order valence-electron chi connectivity index (χ0n) is 22.6. The lowest BCUT2D eigenvalue weighted by atomic mass is 9.70. The molecule has 0 N–H and O–H groups in total. The number of carbonyl (C=O) groups is 2. The summed E-state index contributed by atoms with van der Waals surface area (Å²) >= 11 is 0. The third-order valence-corrected chi connectivity index (χ3v) is 9.21. The van der Waals surface area contributed by atoms with Gasteiger partial charge in [0.15, 0.2) is 5.78 Å². The van der Waals surface area contributed by atoms with E-state index in [-0.39, 0.29) is 11.7 Å². The number of benzene rings is 2. The van der Waals surface area contributed by atoms with Crippen LogP contribution in [0.25, 0.3) is 11.1 Å². The van der Waals surface area contributed by atoms with Crippen LogP contribution in [0.4, 0.5) is 0 Å². The highest BCUT2D eigenvalue weighted by molar-refractivity contribution is 6.06. The topological polar surface area (TPSA) is 34.1 Å². The molecule has 0 saturated heterocycles. The monoisotopic (exact) mass is 492 g/mol. The fourth-order valence-corrected chi connectivity index (χ4v) is 6.84. The van der Waals surface area contributed by atoms with Crippen LogP contribution in [0.1, 0.15) is 93.9 Å². The van der Waals surface area contributed by atoms with E-state index >= 15 is 0 Å². The molecule has 0 aromatic heterocycles. The minimum absolute atomic E-state index is 0.0484. The van der Waals surface area contributed by atoms with E-state index in [0.29, 0.717) is 42.8 Å². The van der Waals surface area contributed by atoms with Gasteiger partial charge in [0, 0.05) is 30.8 Å². The number of rotatable bonds is 9. The van der Waals surface area contributed by atoms with E-state index < -0.39 is 0 Å². The van der Waals surface area contributed by atoms with Crippen molar-refractivity contribution in [3.8, 4) is 0 Å². The first-order valence-corrected chi connectivity index (χ1v) is 14.3. The molecule has 2 aromatic rings. The van der Waals surface area contributed by atoms with E-state index in [2.05, 4.69) is 80.6 Å². The standard InChI is InChI=1S/C35H40O2/c1-4-30(36)19-20-32(27-15-13-26(14-16-27)25-10-6-5-7-11-25)35(37)34-22-29-18-17-28(21-33(29)24(34)3)31-12-8-9-23(31)2/h5-12,17-18,21,23,26-27,32H,4,13-16,19-20,22H2,1-3H3. The van der Waals surface area contributed by atoms with E-state index in [4.69, 9.17) is 0 Å². The van der Waals surface area contributed by atoms with Gasteiger partial charge in [-0.3, -0.25) is 9.59 Å². The lowest BCUT2D eigenvalue weighted by molar-refractivity contribution is -0.122. The first kappa shape index (κ1) is 25.6. The molecule has 2 aromatic carbocycles. The van der Waals surface area contributed by atoms with Gasteiger partial charge in [-0.2, -0.15) is 0 Å². The van der Waals surface area contributed by atoms with E-state index in [0.717, 1.165) is 43.3 Å². The van der Waals surface area contributed by atoms with Gasteiger partial charge < -0.3 is 0 Å². The fraction of sp³-hybridized carbons (Fsp3) is 0.429. The Morgan fingerprint density at radius 3 is 2.43 bits per heavy atom. The molecule has 3 aliphatic carbocycles. The van der Waals surface area contributed by atoms with Gasteiger partial charge in [0.25, 0.3) is 0 Å². The van der Waals surface area contributed by atoms with E-state index in [1.54, 1.807) is 0 Å². The Balaban J connectivity index is 1.36. The molecule has 0 amide bonds. The van der Waals surface area contributed by atoms with Crippen LogP contribution >= 0.6 is 0 Å². The van der Waals surface area contributed by atoms with Crippen molar-refractivity contribution >= 4 is 22.7 Å². The maximum atomic E-state index is 14.2. The summed E-state index contributed by atoms with van der Waals surface area (Å²) in [5.74, 6) is 1.91. The predicted molar refractivity (Wildman–Crippen MR) is 153 cm³/mol. The second-order valence-corrected chi connectivity index (χ2v) is 11.4.